The Kier molecular flexibility index (Phi) is 6.14. The molecule has 1 N–H and O–H groups in total. The van der Waals surface area contributed by atoms with Crippen LogP contribution in [0.4, 0.5) is 11.4 Å². The summed E-state index contributed by atoms with van der Waals surface area (Å²) in [5, 5.41) is 2.96. The highest BCUT2D eigenvalue weighted by Crippen LogP contribution is 2.20. The van der Waals surface area contributed by atoms with Crippen LogP contribution in [0.15, 0.2) is 48.5 Å². The lowest BCUT2D eigenvalue weighted by Crippen LogP contribution is -2.48. The minimum Gasteiger partial charge on any atom is -0.497 e. The molecule has 0 spiro atoms. The molecule has 1 fully saturated rings. The molecule has 5 nitrogen and oxygen atoms in total. The zero-order valence-electron chi connectivity index (χ0n) is 14.2. The van der Waals surface area contributed by atoms with Gasteiger partial charge >= 0.3 is 0 Å². The molecule has 1 heterocycles. The van der Waals surface area contributed by atoms with Crippen molar-refractivity contribution in [2.45, 2.75) is 0 Å². The van der Waals surface area contributed by atoms with E-state index in [1.807, 2.05) is 36.4 Å². The van der Waals surface area contributed by atoms with Crippen molar-refractivity contribution < 1.29 is 9.53 Å². The topological polar surface area (TPSA) is 44.8 Å². The Morgan fingerprint density at radius 2 is 1.68 bits per heavy atom. The van der Waals surface area contributed by atoms with Crippen molar-refractivity contribution >= 4 is 39.9 Å². The van der Waals surface area contributed by atoms with Crippen molar-refractivity contribution in [1.82, 2.24) is 4.90 Å². The van der Waals surface area contributed by atoms with Crippen LogP contribution in [0.5, 0.6) is 5.75 Å². The lowest BCUT2D eigenvalue weighted by molar-refractivity contribution is -0.117. The molecule has 2 aromatic carbocycles. The van der Waals surface area contributed by atoms with E-state index in [0.29, 0.717) is 6.54 Å². The molecule has 0 aromatic heterocycles. The van der Waals surface area contributed by atoms with Gasteiger partial charge in [0.2, 0.25) is 5.91 Å². The van der Waals surface area contributed by atoms with E-state index >= 15 is 0 Å². The monoisotopic (exact) mass is 451 g/mol. The maximum Gasteiger partial charge on any atom is 0.238 e. The van der Waals surface area contributed by atoms with Crippen LogP contribution in [0.25, 0.3) is 0 Å². The van der Waals surface area contributed by atoms with Crippen molar-refractivity contribution in [3.8, 4) is 5.75 Å². The van der Waals surface area contributed by atoms with Gasteiger partial charge in [-0.1, -0.05) is 0 Å². The molecule has 25 heavy (non-hydrogen) atoms. The summed E-state index contributed by atoms with van der Waals surface area (Å²) >= 11 is 2.25. The molecule has 0 atom stereocenters. The molecule has 0 aliphatic carbocycles. The second kappa shape index (κ2) is 8.53. The number of hydrogen-bond donors (Lipinski definition) is 1. The minimum absolute atomic E-state index is 0.0408. The van der Waals surface area contributed by atoms with E-state index in [2.05, 4.69) is 49.8 Å². The van der Waals surface area contributed by atoms with Gasteiger partial charge < -0.3 is 15.0 Å². The van der Waals surface area contributed by atoms with Gasteiger partial charge in [0.25, 0.3) is 0 Å². The molecule has 0 unspecified atom stereocenters. The Morgan fingerprint density at radius 1 is 1.04 bits per heavy atom. The molecule has 2 aromatic rings. The lowest BCUT2D eigenvalue weighted by atomic mass is 10.2. The van der Waals surface area contributed by atoms with Gasteiger partial charge in [-0.05, 0) is 71.1 Å². The highest BCUT2D eigenvalue weighted by Gasteiger charge is 2.19. The quantitative estimate of drug-likeness (QED) is 0.711. The number of hydrogen-bond acceptors (Lipinski definition) is 4. The fourth-order valence-electron chi connectivity index (χ4n) is 2.89. The predicted molar refractivity (Wildman–Crippen MR) is 109 cm³/mol. The van der Waals surface area contributed by atoms with Gasteiger partial charge in [-0.3, -0.25) is 9.69 Å². The largest absolute Gasteiger partial charge is 0.497 e. The first-order valence-corrected chi connectivity index (χ1v) is 9.39. The molecular weight excluding hydrogens is 429 g/mol. The number of carbonyl (C=O) groups is 1. The van der Waals surface area contributed by atoms with Gasteiger partial charge in [0.1, 0.15) is 5.75 Å². The molecule has 3 rings (SSSR count). The number of carbonyl (C=O) groups excluding carboxylic acids is 1. The fourth-order valence-corrected chi connectivity index (χ4v) is 3.25. The highest BCUT2D eigenvalue weighted by atomic mass is 127. The zero-order chi connectivity index (χ0) is 17.6. The molecule has 0 bridgehead atoms. The Morgan fingerprint density at radius 3 is 2.28 bits per heavy atom. The summed E-state index contributed by atoms with van der Waals surface area (Å²) < 4.78 is 6.36. The smallest absolute Gasteiger partial charge is 0.238 e. The van der Waals surface area contributed by atoms with Crippen molar-refractivity contribution in [1.29, 1.82) is 0 Å². The standard InChI is InChI=1S/C19H22IN3O2/c1-25-18-8-6-17(7-9-18)23-12-10-22(11-13-23)14-19(24)21-16-4-2-15(20)3-5-16/h2-9H,10-14H2,1H3,(H,21,24). The average Bonchev–Trinajstić information content (AvgIpc) is 2.64. The Bertz CT molecular complexity index is 696. The number of halogens is 1. The molecule has 1 amide bonds. The van der Waals surface area contributed by atoms with Crippen LogP contribution in [0.1, 0.15) is 0 Å². The van der Waals surface area contributed by atoms with Crippen molar-refractivity contribution in [3.05, 3.63) is 52.1 Å². The third-order valence-corrected chi connectivity index (χ3v) is 5.02. The van der Waals surface area contributed by atoms with Crippen LogP contribution in [-0.4, -0.2) is 50.6 Å². The van der Waals surface area contributed by atoms with Gasteiger partial charge in [-0.2, -0.15) is 0 Å². The first kappa shape index (κ1) is 18.0. The van der Waals surface area contributed by atoms with Gasteiger partial charge in [0.15, 0.2) is 0 Å². The first-order valence-electron chi connectivity index (χ1n) is 8.31. The summed E-state index contributed by atoms with van der Waals surface area (Å²) in [4.78, 5) is 16.7. The van der Waals surface area contributed by atoms with Crippen LogP contribution >= 0.6 is 22.6 Å². The number of nitrogens with zero attached hydrogens (tertiary/aromatic N) is 2. The molecule has 132 valence electrons. The van der Waals surface area contributed by atoms with Crippen molar-refractivity contribution in [3.63, 3.8) is 0 Å². The predicted octanol–water partition coefficient (Wildman–Crippen LogP) is 3.06. The van der Waals surface area contributed by atoms with Crippen molar-refractivity contribution in [2.24, 2.45) is 0 Å². The molecule has 0 saturated carbocycles. The Labute approximate surface area is 162 Å². The van der Waals surface area contributed by atoms with E-state index in [4.69, 9.17) is 4.74 Å². The number of anilines is 2. The molecular formula is C19H22IN3O2. The number of methoxy groups -OCH3 is 1. The SMILES string of the molecule is COc1ccc(N2CCN(CC(=O)Nc3ccc(I)cc3)CC2)cc1. The number of piperazine rings is 1. The van der Waals surface area contributed by atoms with E-state index < -0.39 is 0 Å². The summed E-state index contributed by atoms with van der Waals surface area (Å²) in [7, 11) is 1.68. The third kappa shape index (κ3) is 5.09. The van der Waals surface area contributed by atoms with E-state index in [0.717, 1.165) is 41.2 Å². The van der Waals surface area contributed by atoms with Crippen LogP contribution in [-0.2, 0) is 4.79 Å². The van der Waals surface area contributed by atoms with E-state index in [-0.39, 0.29) is 5.91 Å². The maximum absolute atomic E-state index is 12.2. The average molecular weight is 451 g/mol. The zero-order valence-corrected chi connectivity index (χ0v) is 16.4. The number of rotatable bonds is 5. The molecule has 1 aliphatic rings. The molecule has 1 aliphatic heterocycles. The second-order valence-corrected chi connectivity index (χ2v) is 7.26. The summed E-state index contributed by atoms with van der Waals surface area (Å²) in [6.45, 7) is 4.03. The molecule has 6 heteroatoms. The Hall–Kier alpha value is -1.80. The van der Waals surface area contributed by atoms with Gasteiger partial charge in [0, 0.05) is 41.1 Å². The van der Waals surface area contributed by atoms with Crippen molar-refractivity contribution in [2.75, 3.05) is 50.1 Å². The number of ether oxygens (including phenoxy) is 1. The number of benzene rings is 2. The molecule has 1 saturated heterocycles. The summed E-state index contributed by atoms with van der Waals surface area (Å²) in [5.74, 6) is 0.911. The molecule has 0 radical (unpaired) electrons. The third-order valence-electron chi connectivity index (χ3n) is 4.31. The highest BCUT2D eigenvalue weighted by molar-refractivity contribution is 14.1. The van der Waals surface area contributed by atoms with Gasteiger partial charge in [-0.25, -0.2) is 0 Å². The maximum atomic E-state index is 12.2. The number of amides is 1. The van der Waals surface area contributed by atoms with Gasteiger partial charge in [-0.15, -0.1) is 0 Å². The Balaban J connectivity index is 1.46. The lowest BCUT2D eigenvalue weighted by Gasteiger charge is -2.35. The van der Waals surface area contributed by atoms with E-state index in [1.165, 1.54) is 5.69 Å². The summed E-state index contributed by atoms with van der Waals surface area (Å²) in [6.07, 6.45) is 0. The van der Waals surface area contributed by atoms with Crippen LogP contribution < -0.4 is 15.0 Å². The van der Waals surface area contributed by atoms with E-state index in [1.54, 1.807) is 7.11 Å². The first-order chi connectivity index (χ1) is 12.1. The summed E-state index contributed by atoms with van der Waals surface area (Å²) in [5.41, 5.74) is 2.05. The van der Waals surface area contributed by atoms with Crippen LogP contribution in [0.3, 0.4) is 0 Å². The normalized spacial score (nSPS) is 15.0. The fraction of sp³-hybridized carbons (Fsp3) is 0.316. The van der Waals surface area contributed by atoms with Gasteiger partial charge in [0.05, 0.1) is 13.7 Å². The van der Waals surface area contributed by atoms with Crippen LogP contribution in [0, 0.1) is 3.57 Å². The van der Waals surface area contributed by atoms with Crippen LogP contribution in [0.2, 0.25) is 0 Å². The minimum atomic E-state index is 0.0408. The number of nitrogens with one attached hydrogen (secondary N) is 1. The van der Waals surface area contributed by atoms with E-state index in [9.17, 15) is 4.79 Å². The summed E-state index contributed by atoms with van der Waals surface area (Å²) in [6, 6.07) is 16.0. The second-order valence-electron chi connectivity index (χ2n) is 6.02.